The Morgan fingerprint density at radius 1 is 0.711 bits per heavy atom. The van der Waals surface area contributed by atoms with E-state index < -0.39 is 11.7 Å². The second-order valence-corrected chi connectivity index (χ2v) is 9.13. The minimum absolute atomic E-state index is 0.0694. The van der Waals surface area contributed by atoms with E-state index in [1.54, 1.807) is 24.3 Å². The van der Waals surface area contributed by atoms with Gasteiger partial charge < -0.3 is 16.0 Å². The smallest absolute Gasteiger partial charge is 0.334 e. The molecule has 3 N–H and O–H groups in total. The van der Waals surface area contributed by atoms with Gasteiger partial charge in [-0.2, -0.15) is 13.2 Å². The second-order valence-electron chi connectivity index (χ2n) is 9.13. The van der Waals surface area contributed by atoms with Crippen molar-refractivity contribution in [3.8, 4) is 11.1 Å². The monoisotopic (exact) mass is 515 g/mol. The lowest BCUT2D eigenvalue weighted by molar-refractivity contribution is -0.137. The zero-order valence-electron chi connectivity index (χ0n) is 20.2. The Kier molecular flexibility index (Phi) is 6.87. The van der Waals surface area contributed by atoms with Crippen molar-refractivity contribution in [3.05, 3.63) is 119 Å². The standard InChI is InChI=1S/C30H24F3N3O2/c31-30(32,33)22-13-10-19(11-14-22)26-8-4-5-9-27(26)28(37)34-24-15-12-20-16-25(18-21(20)17-24)36-29(38)35-23-6-2-1-3-7-23/h1-15,17,25H,16,18H2,(H,34,37)(H2,35,36,38). The molecule has 4 aromatic rings. The van der Waals surface area contributed by atoms with Crippen LogP contribution in [0, 0.1) is 0 Å². The molecule has 0 radical (unpaired) electrons. The van der Waals surface area contributed by atoms with Gasteiger partial charge in [0.1, 0.15) is 0 Å². The van der Waals surface area contributed by atoms with Gasteiger partial charge in [-0.3, -0.25) is 4.79 Å². The molecule has 1 unspecified atom stereocenters. The molecular weight excluding hydrogens is 491 g/mol. The zero-order chi connectivity index (χ0) is 26.7. The van der Waals surface area contributed by atoms with Gasteiger partial charge in [0.05, 0.1) is 5.56 Å². The summed E-state index contributed by atoms with van der Waals surface area (Å²) in [5.41, 5.74) is 4.10. The molecule has 0 saturated heterocycles. The zero-order valence-corrected chi connectivity index (χ0v) is 20.2. The van der Waals surface area contributed by atoms with Gasteiger partial charge in [0.15, 0.2) is 0 Å². The molecule has 1 aliphatic carbocycles. The minimum atomic E-state index is -4.43. The van der Waals surface area contributed by atoms with Crippen LogP contribution in [0.15, 0.2) is 97.1 Å². The average molecular weight is 516 g/mol. The van der Waals surface area contributed by atoms with E-state index in [-0.39, 0.29) is 18.0 Å². The van der Waals surface area contributed by atoms with E-state index in [2.05, 4.69) is 16.0 Å². The molecule has 0 spiro atoms. The number of halogens is 3. The molecule has 192 valence electrons. The summed E-state index contributed by atoms with van der Waals surface area (Å²) < 4.78 is 38.9. The highest BCUT2D eigenvalue weighted by Crippen LogP contribution is 2.32. The number of rotatable bonds is 5. The first-order valence-corrected chi connectivity index (χ1v) is 12.1. The molecule has 4 aromatic carbocycles. The number of urea groups is 1. The van der Waals surface area contributed by atoms with Crippen LogP contribution in [-0.2, 0) is 19.0 Å². The Labute approximate surface area is 217 Å². The van der Waals surface area contributed by atoms with Crippen LogP contribution in [0.5, 0.6) is 0 Å². The third-order valence-corrected chi connectivity index (χ3v) is 6.46. The SMILES string of the molecule is O=C(Nc1ccccc1)NC1Cc2ccc(NC(=O)c3ccccc3-c3ccc(C(F)(F)F)cc3)cc2C1. The molecule has 5 rings (SSSR count). The van der Waals surface area contributed by atoms with Crippen molar-refractivity contribution in [3.63, 3.8) is 0 Å². The third kappa shape index (κ3) is 5.70. The van der Waals surface area contributed by atoms with Gasteiger partial charge in [0.25, 0.3) is 5.91 Å². The largest absolute Gasteiger partial charge is 0.416 e. The summed E-state index contributed by atoms with van der Waals surface area (Å²) in [6, 6.07) is 26.0. The van der Waals surface area contributed by atoms with Gasteiger partial charge in [0.2, 0.25) is 0 Å². The van der Waals surface area contributed by atoms with E-state index >= 15 is 0 Å². The molecule has 0 aromatic heterocycles. The molecule has 38 heavy (non-hydrogen) atoms. The van der Waals surface area contributed by atoms with E-state index in [1.165, 1.54) is 12.1 Å². The Hall–Kier alpha value is -4.59. The van der Waals surface area contributed by atoms with Crippen LogP contribution in [-0.4, -0.2) is 18.0 Å². The molecule has 0 aliphatic heterocycles. The van der Waals surface area contributed by atoms with Gasteiger partial charge in [0, 0.05) is 23.0 Å². The summed E-state index contributed by atoms with van der Waals surface area (Å²) in [5, 5.41) is 8.71. The molecule has 5 nitrogen and oxygen atoms in total. The Morgan fingerprint density at radius 2 is 1.39 bits per heavy atom. The summed E-state index contributed by atoms with van der Waals surface area (Å²) in [6.45, 7) is 0. The molecule has 0 fully saturated rings. The van der Waals surface area contributed by atoms with Gasteiger partial charge in [-0.1, -0.05) is 54.6 Å². The number of nitrogens with one attached hydrogen (secondary N) is 3. The maximum absolute atomic E-state index is 13.2. The summed E-state index contributed by atoms with van der Waals surface area (Å²) in [5.74, 6) is -0.365. The number of carbonyl (C=O) groups is 2. The van der Waals surface area contributed by atoms with Crippen LogP contribution in [0.3, 0.4) is 0 Å². The average Bonchev–Trinajstić information content (AvgIpc) is 3.30. The quantitative estimate of drug-likeness (QED) is 0.270. The van der Waals surface area contributed by atoms with Crippen molar-refractivity contribution >= 4 is 23.3 Å². The van der Waals surface area contributed by atoms with Gasteiger partial charge in [-0.25, -0.2) is 4.79 Å². The van der Waals surface area contributed by atoms with Crippen molar-refractivity contribution in [2.24, 2.45) is 0 Å². The highest BCUT2D eigenvalue weighted by molar-refractivity contribution is 6.08. The highest BCUT2D eigenvalue weighted by Gasteiger charge is 2.30. The van der Waals surface area contributed by atoms with Crippen molar-refractivity contribution < 1.29 is 22.8 Å². The van der Waals surface area contributed by atoms with Crippen molar-refractivity contribution in [2.45, 2.75) is 25.1 Å². The summed E-state index contributed by atoms with van der Waals surface area (Å²) in [7, 11) is 0. The lowest BCUT2D eigenvalue weighted by atomic mass is 9.98. The summed E-state index contributed by atoms with van der Waals surface area (Å²) in [6.07, 6.45) is -3.12. The summed E-state index contributed by atoms with van der Waals surface area (Å²) >= 11 is 0. The predicted octanol–water partition coefficient (Wildman–Crippen LogP) is 6.91. The van der Waals surface area contributed by atoms with E-state index in [1.807, 2.05) is 48.5 Å². The van der Waals surface area contributed by atoms with Crippen LogP contribution >= 0.6 is 0 Å². The van der Waals surface area contributed by atoms with Crippen molar-refractivity contribution in [1.82, 2.24) is 5.32 Å². The van der Waals surface area contributed by atoms with E-state index in [0.29, 0.717) is 40.9 Å². The fourth-order valence-corrected chi connectivity index (χ4v) is 4.64. The number of para-hydroxylation sites is 1. The Bertz CT molecular complexity index is 1470. The number of fused-ring (bicyclic) bond motifs is 1. The summed E-state index contributed by atoms with van der Waals surface area (Å²) in [4.78, 5) is 25.5. The fourth-order valence-electron chi connectivity index (χ4n) is 4.64. The molecule has 0 bridgehead atoms. The predicted molar refractivity (Wildman–Crippen MR) is 141 cm³/mol. The van der Waals surface area contributed by atoms with Gasteiger partial charge in [-0.05, 0) is 77.6 Å². The van der Waals surface area contributed by atoms with Crippen LogP contribution in [0.2, 0.25) is 0 Å². The van der Waals surface area contributed by atoms with E-state index in [9.17, 15) is 22.8 Å². The maximum Gasteiger partial charge on any atom is 0.416 e. The van der Waals surface area contributed by atoms with Crippen LogP contribution < -0.4 is 16.0 Å². The third-order valence-electron chi connectivity index (χ3n) is 6.46. The molecule has 8 heteroatoms. The van der Waals surface area contributed by atoms with Crippen LogP contribution in [0.25, 0.3) is 11.1 Å². The minimum Gasteiger partial charge on any atom is -0.334 e. The lowest BCUT2D eigenvalue weighted by Crippen LogP contribution is -2.38. The van der Waals surface area contributed by atoms with Gasteiger partial charge >= 0.3 is 12.2 Å². The molecular formula is C30H24F3N3O2. The number of carbonyl (C=O) groups excluding carboxylic acids is 2. The lowest BCUT2D eigenvalue weighted by Gasteiger charge is -2.13. The first-order valence-electron chi connectivity index (χ1n) is 12.1. The number of hydrogen-bond acceptors (Lipinski definition) is 2. The number of anilines is 2. The molecule has 0 saturated carbocycles. The second kappa shape index (κ2) is 10.4. The Morgan fingerprint density at radius 3 is 2.13 bits per heavy atom. The fraction of sp³-hybridized carbons (Fsp3) is 0.133. The number of amides is 3. The van der Waals surface area contributed by atoms with E-state index in [0.717, 1.165) is 23.3 Å². The Balaban J connectivity index is 1.26. The first kappa shape index (κ1) is 25.1. The first-order chi connectivity index (χ1) is 18.3. The van der Waals surface area contributed by atoms with Crippen molar-refractivity contribution in [2.75, 3.05) is 10.6 Å². The normalized spacial score (nSPS) is 14.4. The maximum atomic E-state index is 13.2. The molecule has 3 amide bonds. The molecule has 1 aliphatic rings. The molecule has 0 heterocycles. The van der Waals surface area contributed by atoms with Crippen LogP contribution in [0.4, 0.5) is 29.3 Å². The molecule has 1 atom stereocenters. The number of hydrogen-bond donors (Lipinski definition) is 3. The van der Waals surface area contributed by atoms with Crippen LogP contribution in [0.1, 0.15) is 27.0 Å². The van der Waals surface area contributed by atoms with E-state index in [4.69, 9.17) is 0 Å². The van der Waals surface area contributed by atoms with Gasteiger partial charge in [-0.15, -0.1) is 0 Å². The number of alkyl halides is 3. The highest BCUT2D eigenvalue weighted by atomic mass is 19.4. The topological polar surface area (TPSA) is 70.2 Å². The number of benzene rings is 4. The van der Waals surface area contributed by atoms with Crippen molar-refractivity contribution in [1.29, 1.82) is 0 Å².